The molecule has 0 saturated carbocycles. The molecule has 0 spiro atoms. The fourth-order valence-corrected chi connectivity index (χ4v) is 4.50. The molecule has 1 heterocycles. The van der Waals surface area contributed by atoms with Crippen molar-refractivity contribution in [2.24, 2.45) is 0 Å². The van der Waals surface area contributed by atoms with Gasteiger partial charge in [-0.2, -0.15) is 0 Å². The van der Waals surface area contributed by atoms with Crippen LogP contribution in [0.5, 0.6) is 0 Å². The maximum atomic E-state index is 3.68. The number of rotatable bonds is 4. The molecule has 0 aliphatic rings. The number of nitrogens with one attached hydrogen (secondary N) is 1. The zero-order valence-electron chi connectivity index (χ0n) is 17.6. The van der Waals surface area contributed by atoms with Crippen molar-refractivity contribution in [1.82, 2.24) is 4.57 Å². The van der Waals surface area contributed by atoms with Crippen LogP contribution in [0.25, 0.3) is 38.6 Å². The molecule has 0 atom stereocenters. The smallest absolute Gasteiger partial charge is 0.0776 e. The molecule has 1 N–H and O–H groups in total. The van der Waals surface area contributed by atoms with Crippen molar-refractivity contribution in [2.75, 3.05) is 5.32 Å². The number of hydrogen-bond acceptors (Lipinski definition) is 1. The second kappa shape index (κ2) is 7.75. The lowest BCUT2D eigenvalue weighted by Crippen LogP contribution is -1.98. The minimum absolute atomic E-state index is 1.07. The quantitative estimate of drug-likeness (QED) is 0.310. The summed E-state index contributed by atoms with van der Waals surface area (Å²) in [5, 5.41) is 6.18. The van der Waals surface area contributed by atoms with Crippen molar-refractivity contribution in [1.29, 1.82) is 0 Å². The number of fused-ring (bicyclic) bond motifs is 3. The third-order valence-corrected chi connectivity index (χ3v) is 5.98. The maximum Gasteiger partial charge on any atom is 0.0776 e. The first-order chi connectivity index (χ1) is 15.9. The van der Waals surface area contributed by atoms with E-state index in [-0.39, 0.29) is 0 Å². The lowest BCUT2D eigenvalue weighted by Gasteiger charge is -2.13. The van der Waals surface area contributed by atoms with E-state index < -0.39 is 0 Å². The van der Waals surface area contributed by atoms with Gasteiger partial charge in [-0.25, -0.2) is 0 Å². The van der Waals surface area contributed by atoms with Crippen molar-refractivity contribution < 1.29 is 0 Å². The van der Waals surface area contributed by atoms with E-state index in [1.165, 1.54) is 32.9 Å². The monoisotopic (exact) mass is 410 g/mol. The van der Waals surface area contributed by atoms with Gasteiger partial charge in [0.2, 0.25) is 0 Å². The SMILES string of the molecule is c1ccc(-c2ccc(Nc3cccc4c5ccccc5n(-c5ccccc5)c34)cc2)cc1. The van der Waals surface area contributed by atoms with E-state index >= 15 is 0 Å². The highest BCUT2D eigenvalue weighted by atomic mass is 15.0. The van der Waals surface area contributed by atoms with Crippen LogP contribution < -0.4 is 5.32 Å². The average molecular weight is 411 g/mol. The number of benzene rings is 5. The zero-order chi connectivity index (χ0) is 21.3. The van der Waals surface area contributed by atoms with Crippen LogP contribution in [0.15, 0.2) is 127 Å². The summed E-state index contributed by atoms with van der Waals surface area (Å²) >= 11 is 0. The topological polar surface area (TPSA) is 17.0 Å². The van der Waals surface area contributed by atoms with Crippen molar-refractivity contribution in [3.8, 4) is 16.8 Å². The Balaban J connectivity index is 1.49. The van der Waals surface area contributed by atoms with E-state index in [4.69, 9.17) is 0 Å². The van der Waals surface area contributed by atoms with Crippen molar-refractivity contribution >= 4 is 33.2 Å². The van der Waals surface area contributed by atoms with Gasteiger partial charge in [-0.15, -0.1) is 0 Å². The van der Waals surface area contributed by atoms with Crippen molar-refractivity contribution in [3.05, 3.63) is 127 Å². The Morgan fingerprint density at radius 2 is 1.09 bits per heavy atom. The van der Waals surface area contributed by atoms with Crippen LogP contribution in [0.3, 0.4) is 0 Å². The largest absolute Gasteiger partial charge is 0.354 e. The van der Waals surface area contributed by atoms with Crippen LogP contribution in [-0.2, 0) is 0 Å². The Morgan fingerprint density at radius 3 is 1.88 bits per heavy atom. The molecule has 6 aromatic rings. The number of hydrogen-bond donors (Lipinski definition) is 1. The van der Waals surface area contributed by atoms with Gasteiger partial charge in [-0.3, -0.25) is 0 Å². The minimum Gasteiger partial charge on any atom is -0.354 e. The number of anilines is 2. The van der Waals surface area contributed by atoms with Gasteiger partial charge in [0.05, 0.1) is 16.7 Å². The third-order valence-electron chi connectivity index (χ3n) is 5.98. The second-order valence-corrected chi connectivity index (χ2v) is 7.96. The van der Waals surface area contributed by atoms with Gasteiger partial charge in [-0.1, -0.05) is 91.0 Å². The standard InChI is InChI=1S/C30H22N2/c1-3-10-22(11-4-1)23-18-20-24(21-19-23)31-28-16-9-15-27-26-14-7-8-17-29(26)32(30(27)28)25-12-5-2-6-13-25/h1-21,31H. The first kappa shape index (κ1) is 18.5. The Hall–Kier alpha value is -4.30. The molecule has 2 heteroatoms. The Labute approximate surface area is 187 Å². The molecular weight excluding hydrogens is 388 g/mol. The summed E-state index contributed by atoms with van der Waals surface area (Å²) in [5.74, 6) is 0. The predicted octanol–water partition coefficient (Wildman–Crippen LogP) is 8.19. The minimum atomic E-state index is 1.07. The molecule has 0 saturated heterocycles. The summed E-state index contributed by atoms with van der Waals surface area (Å²) in [6, 6.07) is 44.8. The van der Waals surface area contributed by atoms with Crippen LogP contribution in [0.1, 0.15) is 0 Å². The molecule has 0 fully saturated rings. The Bertz CT molecular complexity index is 1510. The van der Waals surface area contributed by atoms with Crippen molar-refractivity contribution in [2.45, 2.75) is 0 Å². The van der Waals surface area contributed by atoms with Gasteiger partial charge in [0.15, 0.2) is 0 Å². The molecule has 32 heavy (non-hydrogen) atoms. The molecule has 0 aliphatic heterocycles. The fourth-order valence-electron chi connectivity index (χ4n) is 4.50. The molecule has 0 aliphatic carbocycles. The van der Waals surface area contributed by atoms with Gasteiger partial charge in [0.25, 0.3) is 0 Å². The maximum absolute atomic E-state index is 3.68. The first-order valence-corrected chi connectivity index (χ1v) is 10.9. The summed E-state index contributed by atoms with van der Waals surface area (Å²) < 4.78 is 2.35. The molecule has 0 amide bonds. The summed E-state index contributed by atoms with van der Waals surface area (Å²) in [4.78, 5) is 0. The van der Waals surface area contributed by atoms with E-state index in [0.717, 1.165) is 17.1 Å². The molecule has 0 unspecified atom stereocenters. The summed E-state index contributed by atoms with van der Waals surface area (Å²) in [7, 11) is 0. The Morgan fingerprint density at radius 1 is 0.469 bits per heavy atom. The lowest BCUT2D eigenvalue weighted by atomic mass is 10.1. The van der Waals surface area contributed by atoms with Gasteiger partial charge in [0.1, 0.15) is 0 Å². The van der Waals surface area contributed by atoms with E-state index in [0.29, 0.717) is 0 Å². The lowest BCUT2D eigenvalue weighted by molar-refractivity contribution is 1.18. The fraction of sp³-hybridized carbons (Fsp3) is 0. The van der Waals surface area contributed by atoms with Gasteiger partial charge in [-0.05, 0) is 47.5 Å². The summed E-state index contributed by atoms with van der Waals surface area (Å²) in [6.45, 7) is 0. The molecule has 6 rings (SSSR count). The van der Waals surface area contributed by atoms with E-state index in [1.54, 1.807) is 0 Å². The Kier molecular flexibility index (Phi) is 4.47. The molecule has 0 bridgehead atoms. The first-order valence-electron chi connectivity index (χ1n) is 10.9. The normalized spacial score (nSPS) is 11.1. The highest BCUT2D eigenvalue weighted by Crippen LogP contribution is 2.37. The highest BCUT2D eigenvalue weighted by Gasteiger charge is 2.15. The molecule has 0 radical (unpaired) electrons. The second-order valence-electron chi connectivity index (χ2n) is 7.96. The molecule has 1 aromatic heterocycles. The molecule has 152 valence electrons. The number of aromatic nitrogens is 1. The van der Waals surface area contributed by atoms with E-state index in [1.807, 2.05) is 6.07 Å². The van der Waals surface area contributed by atoms with Gasteiger partial charge >= 0.3 is 0 Å². The predicted molar refractivity (Wildman–Crippen MR) is 136 cm³/mol. The van der Waals surface area contributed by atoms with Crippen LogP contribution in [0.2, 0.25) is 0 Å². The van der Waals surface area contributed by atoms with E-state index in [9.17, 15) is 0 Å². The number of para-hydroxylation sites is 3. The van der Waals surface area contributed by atoms with Gasteiger partial charge < -0.3 is 9.88 Å². The van der Waals surface area contributed by atoms with Crippen molar-refractivity contribution in [3.63, 3.8) is 0 Å². The number of nitrogens with zero attached hydrogens (tertiary/aromatic N) is 1. The summed E-state index contributed by atoms with van der Waals surface area (Å²) in [6.07, 6.45) is 0. The van der Waals surface area contributed by atoms with Crippen LogP contribution in [0, 0.1) is 0 Å². The van der Waals surface area contributed by atoms with Crippen LogP contribution >= 0.6 is 0 Å². The molecular formula is C30H22N2. The molecule has 5 aromatic carbocycles. The van der Waals surface area contributed by atoms with Crippen LogP contribution in [0.4, 0.5) is 11.4 Å². The third kappa shape index (κ3) is 3.14. The zero-order valence-corrected chi connectivity index (χ0v) is 17.6. The highest BCUT2D eigenvalue weighted by molar-refractivity contribution is 6.13. The van der Waals surface area contributed by atoms with E-state index in [2.05, 4.69) is 131 Å². The average Bonchev–Trinajstić information content (AvgIpc) is 3.21. The summed E-state index contributed by atoms with van der Waals surface area (Å²) in [5.41, 5.74) is 8.16. The van der Waals surface area contributed by atoms with Gasteiger partial charge in [0, 0.05) is 22.1 Å². The molecule has 2 nitrogen and oxygen atoms in total. The van der Waals surface area contributed by atoms with Crippen LogP contribution in [-0.4, -0.2) is 4.57 Å².